The Morgan fingerprint density at radius 2 is 1.06 bits per heavy atom. The third-order valence-electron chi connectivity index (χ3n) is 8.87. The second-order valence-corrected chi connectivity index (χ2v) is 12.7. The van der Waals surface area contributed by atoms with Crippen LogP contribution < -0.4 is 14.2 Å². The molecular formula is C40H56O7. The predicted octanol–water partition coefficient (Wildman–Crippen LogP) is 9.75. The van der Waals surface area contributed by atoms with E-state index in [0.717, 1.165) is 37.9 Å². The highest BCUT2D eigenvalue weighted by molar-refractivity contribution is 5.81. The molecule has 1 fully saturated rings. The summed E-state index contributed by atoms with van der Waals surface area (Å²) >= 11 is 0. The number of carbonyl (C=O) groups excluding carboxylic acids is 3. The van der Waals surface area contributed by atoms with Crippen LogP contribution >= 0.6 is 0 Å². The van der Waals surface area contributed by atoms with Crippen LogP contribution in [0.2, 0.25) is 0 Å². The van der Waals surface area contributed by atoms with E-state index in [2.05, 4.69) is 13.5 Å². The van der Waals surface area contributed by atoms with Crippen molar-refractivity contribution in [2.45, 2.75) is 122 Å². The van der Waals surface area contributed by atoms with Crippen LogP contribution in [0.3, 0.4) is 0 Å². The van der Waals surface area contributed by atoms with Gasteiger partial charge in [0.25, 0.3) is 0 Å². The van der Waals surface area contributed by atoms with Gasteiger partial charge in [0.05, 0.1) is 25.0 Å². The van der Waals surface area contributed by atoms with Crippen LogP contribution in [0, 0.1) is 11.8 Å². The van der Waals surface area contributed by atoms with Crippen LogP contribution in [-0.2, 0) is 25.5 Å². The summed E-state index contributed by atoms with van der Waals surface area (Å²) in [5, 5.41) is 0. The standard InChI is InChI=1S/C40H56O7/c1-3-5-6-15-30-44-35-26-28-37(29-27-35)47-40(43)34-22-20-33(21-23-34)39(42)46-36-24-18-32(19-25-36)17-14-12-10-8-7-9-11-13-16-31-45-38(41)4-2/h4,18-19,24-29,33-34H,2-3,5-17,20-23,30-31H2,1H3. The first kappa shape index (κ1) is 37.8. The summed E-state index contributed by atoms with van der Waals surface area (Å²) in [6, 6.07) is 15.1. The molecule has 0 amide bonds. The van der Waals surface area contributed by atoms with Crippen molar-refractivity contribution in [3.63, 3.8) is 0 Å². The molecule has 7 heteroatoms. The van der Waals surface area contributed by atoms with Crippen LogP contribution in [0.1, 0.15) is 122 Å². The monoisotopic (exact) mass is 648 g/mol. The Balaban J connectivity index is 1.23. The zero-order valence-electron chi connectivity index (χ0n) is 28.6. The second-order valence-electron chi connectivity index (χ2n) is 12.7. The predicted molar refractivity (Wildman–Crippen MR) is 186 cm³/mol. The average Bonchev–Trinajstić information content (AvgIpc) is 3.10. The van der Waals surface area contributed by atoms with E-state index in [1.165, 1.54) is 69.4 Å². The first-order valence-electron chi connectivity index (χ1n) is 18.0. The minimum absolute atomic E-state index is 0.200. The summed E-state index contributed by atoms with van der Waals surface area (Å²) in [4.78, 5) is 36.6. The highest BCUT2D eigenvalue weighted by atomic mass is 16.5. The van der Waals surface area contributed by atoms with E-state index in [-0.39, 0.29) is 29.7 Å². The number of rotatable bonds is 23. The molecule has 1 saturated carbocycles. The number of hydrogen-bond donors (Lipinski definition) is 0. The molecule has 0 N–H and O–H groups in total. The van der Waals surface area contributed by atoms with E-state index >= 15 is 0 Å². The van der Waals surface area contributed by atoms with Crippen molar-refractivity contribution >= 4 is 17.9 Å². The number of unbranched alkanes of at least 4 members (excludes halogenated alkanes) is 11. The average molecular weight is 649 g/mol. The number of aryl methyl sites for hydroxylation is 1. The molecule has 2 aromatic carbocycles. The van der Waals surface area contributed by atoms with Gasteiger partial charge in [-0.15, -0.1) is 0 Å². The van der Waals surface area contributed by atoms with Gasteiger partial charge in [0.2, 0.25) is 0 Å². The van der Waals surface area contributed by atoms with Crippen molar-refractivity contribution in [3.05, 3.63) is 66.7 Å². The molecule has 258 valence electrons. The van der Waals surface area contributed by atoms with Gasteiger partial charge < -0.3 is 18.9 Å². The van der Waals surface area contributed by atoms with Crippen molar-refractivity contribution in [1.82, 2.24) is 0 Å². The van der Waals surface area contributed by atoms with Gasteiger partial charge in [-0.25, -0.2) is 4.79 Å². The lowest BCUT2D eigenvalue weighted by Crippen LogP contribution is -2.30. The van der Waals surface area contributed by atoms with Gasteiger partial charge in [0.15, 0.2) is 0 Å². The van der Waals surface area contributed by atoms with Crippen LogP contribution in [0.15, 0.2) is 61.2 Å². The van der Waals surface area contributed by atoms with Gasteiger partial charge in [-0.3, -0.25) is 9.59 Å². The molecule has 0 radical (unpaired) electrons. The molecule has 3 rings (SSSR count). The Kier molecular flexibility index (Phi) is 18.4. The van der Waals surface area contributed by atoms with Crippen molar-refractivity contribution in [2.24, 2.45) is 11.8 Å². The third-order valence-corrected chi connectivity index (χ3v) is 8.87. The molecule has 0 unspecified atom stereocenters. The molecule has 0 atom stereocenters. The molecule has 7 nitrogen and oxygen atoms in total. The maximum Gasteiger partial charge on any atom is 0.330 e. The molecule has 0 aliphatic heterocycles. The zero-order valence-corrected chi connectivity index (χ0v) is 28.6. The lowest BCUT2D eigenvalue weighted by atomic mass is 9.82. The Morgan fingerprint density at radius 3 is 1.60 bits per heavy atom. The van der Waals surface area contributed by atoms with Crippen molar-refractivity contribution in [2.75, 3.05) is 13.2 Å². The number of hydrogen-bond acceptors (Lipinski definition) is 7. The molecule has 0 bridgehead atoms. The van der Waals surface area contributed by atoms with E-state index < -0.39 is 0 Å². The van der Waals surface area contributed by atoms with Gasteiger partial charge in [-0.05, 0) is 93.3 Å². The van der Waals surface area contributed by atoms with E-state index in [0.29, 0.717) is 50.4 Å². The molecule has 2 aromatic rings. The zero-order chi connectivity index (χ0) is 33.5. The Bertz CT molecular complexity index is 1180. The molecule has 47 heavy (non-hydrogen) atoms. The Hall–Kier alpha value is -3.61. The normalized spacial score (nSPS) is 15.9. The lowest BCUT2D eigenvalue weighted by Gasteiger charge is -2.25. The van der Waals surface area contributed by atoms with Gasteiger partial charge in [0, 0.05) is 6.08 Å². The summed E-state index contributed by atoms with van der Waals surface area (Å²) in [6.07, 6.45) is 19.9. The van der Waals surface area contributed by atoms with Gasteiger partial charge in [-0.2, -0.15) is 0 Å². The van der Waals surface area contributed by atoms with Crippen molar-refractivity contribution in [1.29, 1.82) is 0 Å². The fourth-order valence-corrected chi connectivity index (χ4v) is 5.91. The Labute approximate surface area is 282 Å². The number of ether oxygens (including phenoxy) is 4. The molecule has 0 heterocycles. The molecule has 0 saturated heterocycles. The lowest BCUT2D eigenvalue weighted by molar-refractivity contribution is -0.145. The molecule has 0 spiro atoms. The smallest absolute Gasteiger partial charge is 0.330 e. The van der Waals surface area contributed by atoms with Crippen LogP contribution in [0.5, 0.6) is 17.2 Å². The maximum atomic E-state index is 12.8. The highest BCUT2D eigenvalue weighted by Crippen LogP contribution is 2.32. The summed E-state index contributed by atoms with van der Waals surface area (Å²) in [5.74, 6) is 0.673. The molecule has 0 aromatic heterocycles. The van der Waals surface area contributed by atoms with Crippen LogP contribution in [-0.4, -0.2) is 31.1 Å². The van der Waals surface area contributed by atoms with Gasteiger partial charge in [0.1, 0.15) is 17.2 Å². The molecule has 1 aliphatic carbocycles. The molecular weight excluding hydrogens is 592 g/mol. The fraction of sp³-hybridized carbons (Fsp3) is 0.575. The topological polar surface area (TPSA) is 88.1 Å². The van der Waals surface area contributed by atoms with Crippen molar-refractivity contribution < 1.29 is 33.3 Å². The minimum atomic E-state index is -0.339. The summed E-state index contributed by atoms with van der Waals surface area (Å²) in [5.41, 5.74) is 1.26. The van der Waals surface area contributed by atoms with Gasteiger partial charge >= 0.3 is 17.9 Å². The van der Waals surface area contributed by atoms with E-state index in [1.807, 2.05) is 36.4 Å². The number of carbonyl (C=O) groups is 3. The highest BCUT2D eigenvalue weighted by Gasteiger charge is 2.32. The SMILES string of the molecule is C=CC(=O)OCCCCCCCCCCCc1ccc(OC(=O)C2CCC(C(=O)Oc3ccc(OCCCCCC)cc3)CC2)cc1. The Morgan fingerprint density at radius 1 is 0.617 bits per heavy atom. The first-order chi connectivity index (χ1) is 23.0. The van der Waals surface area contributed by atoms with Crippen molar-refractivity contribution in [3.8, 4) is 17.2 Å². The second kappa shape index (κ2) is 22.8. The van der Waals surface area contributed by atoms with E-state index in [9.17, 15) is 14.4 Å². The third kappa shape index (κ3) is 15.7. The van der Waals surface area contributed by atoms with Gasteiger partial charge in [-0.1, -0.05) is 89.8 Å². The van der Waals surface area contributed by atoms with Crippen LogP contribution in [0.4, 0.5) is 0 Å². The van der Waals surface area contributed by atoms with E-state index in [4.69, 9.17) is 18.9 Å². The summed E-state index contributed by atoms with van der Waals surface area (Å²) in [7, 11) is 0. The minimum Gasteiger partial charge on any atom is -0.494 e. The summed E-state index contributed by atoms with van der Waals surface area (Å²) < 4.78 is 22.1. The number of benzene rings is 2. The van der Waals surface area contributed by atoms with Crippen LogP contribution in [0.25, 0.3) is 0 Å². The first-order valence-corrected chi connectivity index (χ1v) is 18.0. The summed E-state index contributed by atoms with van der Waals surface area (Å²) in [6.45, 7) is 6.77. The maximum absolute atomic E-state index is 12.8. The number of esters is 3. The van der Waals surface area contributed by atoms with E-state index in [1.54, 1.807) is 12.1 Å². The fourth-order valence-electron chi connectivity index (χ4n) is 5.91. The largest absolute Gasteiger partial charge is 0.494 e. The quantitative estimate of drug-likeness (QED) is 0.0513. The molecule has 1 aliphatic rings.